The van der Waals surface area contributed by atoms with Crippen LogP contribution in [0, 0.1) is 12.7 Å². The lowest BCUT2D eigenvalue weighted by atomic mass is 9.89. The Hall–Kier alpha value is -5.25. The Morgan fingerprint density at radius 1 is 0.945 bits per heavy atom. The third kappa shape index (κ3) is 8.69. The molecular formula is C40H45FN8O5S. The van der Waals surface area contributed by atoms with Crippen LogP contribution in [-0.4, -0.2) is 70.6 Å². The molecule has 1 unspecified atom stereocenters. The Bertz CT molecular complexity index is 2250. The Kier molecular flexibility index (Phi) is 10.5. The molecule has 1 atom stereocenters. The first kappa shape index (κ1) is 38.0. The third-order valence-corrected chi connectivity index (χ3v) is 11.8. The first-order valence-electron chi connectivity index (χ1n) is 18.4. The number of piperidine rings is 2. The lowest BCUT2D eigenvalue weighted by Crippen LogP contribution is -2.52. The number of aromatic nitrogens is 2. The van der Waals surface area contributed by atoms with E-state index < -0.39 is 39.2 Å². The smallest absolute Gasteiger partial charge is 0.258 e. The van der Waals surface area contributed by atoms with Crippen molar-refractivity contribution < 1.29 is 27.2 Å². The Labute approximate surface area is 320 Å². The van der Waals surface area contributed by atoms with Gasteiger partial charge in [-0.1, -0.05) is 24.3 Å². The summed E-state index contributed by atoms with van der Waals surface area (Å²) < 4.78 is 43.7. The van der Waals surface area contributed by atoms with Gasteiger partial charge in [0.15, 0.2) is 0 Å². The van der Waals surface area contributed by atoms with Crippen LogP contribution in [0.2, 0.25) is 0 Å². The number of nitrogens with zero attached hydrogens (tertiary/aromatic N) is 4. The predicted molar refractivity (Wildman–Crippen MR) is 206 cm³/mol. The topological polar surface area (TPSA) is 166 Å². The van der Waals surface area contributed by atoms with Crippen LogP contribution in [-0.2, 0) is 32.7 Å². The van der Waals surface area contributed by atoms with E-state index in [0.29, 0.717) is 35.5 Å². The number of benzene rings is 3. The molecule has 0 aliphatic carbocycles. The molecule has 0 radical (unpaired) electrons. The van der Waals surface area contributed by atoms with E-state index in [1.54, 1.807) is 51.2 Å². The van der Waals surface area contributed by atoms with Crippen LogP contribution < -0.4 is 20.7 Å². The molecule has 0 bridgehead atoms. The minimum Gasteiger partial charge on any atom is -0.340 e. The number of rotatable bonds is 10. The summed E-state index contributed by atoms with van der Waals surface area (Å²) in [6.45, 7) is 9.62. The van der Waals surface area contributed by atoms with Crippen molar-refractivity contribution in [3.63, 3.8) is 0 Å². The van der Waals surface area contributed by atoms with Crippen LogP contribution >= 0.6 is 0 Å². The first-order chi connectivity index (χ1) is 26.1. The molecule has 3 amide bonds. The molecule has 3 aromatic carbocycles. The lowest BCUT2D eigenvalue weighted by Gasteiger charge is -2.32. The maximum atomic E-state index is 15.3. The molecule has 7 rings (SSSR count). The monoisotopic (exact) mass is 768 g/mol. The molecule has 1 aromatic heterocycles. The van der Waals surface area contributed by atoms with Crippen LogP contribution in [0.25, 0.3) is 0 Å². The highest BCUT2D eigenvalue weighted by atomic mass is 32.2. The number of halogens is 1. The summed E-state index contributed by atoms with van der Waals surface area (Å²) in [4.78, 5) is 50.0. The highest BCUT2D eigenvalue weighted by Crippen LogP contribution is 2.33. The predicted octanol–water partition coefficient (Wildman–Crippen LogP) is 5.63. The number of carbonyl (C=O) groups excluding carboxylic acids is 3. The second kappa shape index (κ2) is 15.1. The minimum absolute atomic E-state index is 0.0152. The van der Waals surface area contributed by atoms with Gasteiger partial charge in [-0.3, -0.25) is 24.6 Å². The van der Waals surface area contributed by atoms with E-state index in [-0.39, 0.29) is 35.8 Å². The largest absolute Gasteiger partial charge is 0.340 e. The van der Waals surface area contributed by atoms with Crippen molar-refractivity contribution >= 4 is 50.9 Å². The number of fused-ring (bicyclic) bond motifs is 1. The number of nitrogens with one attached hydrogen (secondary N) is 4. The second-order valence-corrected chi connectivity index (χ2v) is 17.2. The quantitative estimate of drug-likeness (QED) is 0.149. The zero-order valence-electron chi connectivity index (χ0n) is 31.3. The van der Waals surface area contributed by atoms with Gasteiger partial charge in [-0.2, -0.15) is 4.98 Å². The van der Waals surface area contributed by atoms with Gasteiger partial charge >= 0.3 is 0 Å². The fraction of sp³-hybridized carbons (Fsp3) is 0.375. The van der Waals surface area contributed by atoms with Gasteiger partial charge in [-0.05, 0) is 119 Å². The Morgan fingerprint density at radius 2 is 1.69 bits per heavy atom. The summed E-state index contributed by atoms with van der Waals surface area (Å²) in [5.41, 5.74) is 4.18. The number of carbonyl (C=O) groups is 3. The van der Waals surface area contributed by atoms with Crippen molar-refractivity contribution in [1.82, 2.24) is 29.8 Å². The van der Waals surface area contributed by atoms with E-state index in [1.807, 2.05) is 25.1 Å². The van der Waals surface area contributed by atoms with Gasteiger partial charge in [0.2, 0.25) is 27.8 Å². The molecule has 4 heterocycles. The zero-order chi connectivity index (χ0) is 39.1. The second-order valence-electron chi connectivity index (χ2n) is 15.5. The summed E-state index contributed by atoms with van der Waals surface area (Å²) in [7, 11) is -3.71. The van der Waals surface area contributed by atoms with Gasteiger partial charge in [0, 0.05) is 48.2 Å². The SMILES string of the molecule is Cc1cnc(Nc2ccc(C3CCN(Cc4cc(F)c5c(c4)CN(C4CCC(=O)NC4=O)C5=O)CC3)cc2)nc1Nc1cccc(S(=O)(=O)NC(C)(C)C)c1. The van der Waals surface area contributed by atoms with Crippen molar-refractivity contribution in [3.05, 3.63) is 100 Å². The molecule has 288 valence electrons. The molecule has 3 aliphatic heterocycles. The highest BCUT2D eigenvalue weighted by Gasteiger charge is 2.40. The van der Waals surface area contributed by atoms with E-state index in [2.05, 4.69) is 47.7 Å². The van der Waals surface area contributed by atoms with Gasteiger partial charge in [0.1, 0.15) is 17.7 Å². The van der Waals surface area contributed by atoms with E-state index in [1.165, 1.54) is 16.5 Å². The van der Waals surface area contributed by atoms with Crippen molar-refractivity contribution in [2.45, 2.75) is 88.9 Å². The van der Waals surface area contributed by atoms with Crippen molar-refractivity contribution in [1.29, 1.82) is 0 Å². The van der Waals surface area contributed by atoms with Gasteiger partial charge in [0.05, 0.1) is 10.5 Å². The fourth-order valence-electron chi connectivity index (χ4n) is 7.43. The normalized spacial score (nSPS) is 18.3. The molecule has 15 heteroatoms. The number of imide groups is 1. The molecule has 2 saturated heterocycles. The average molecular weight is 769 g/mol. The summed E-state index contributed by atoms with van der Waals surface area (Å²) in [5, 5.41) is 8.78. The van der Waals surface area contributed by atoms with Crippen LogP contribution in [0.5, 0.6) is 0 Å². The van der Waals surface area contributed by atoms with Crippen molar-refractivity contribution in [2.24, 2.45) is 0 Å². The summed E-state index contributed by atoms with van der Waals surface area (Å²) in [5.74, 6) is -0.653. The number of amides is 3. The van der Waals surface area contributed by atoms with E-state index in [9.17, 15) is 22.8 Å². The molecule has 4 aromatic rings. The fourth-order valence-corrected chi connectivity index (χ4v) is 8.89. The van der Waals surface area contributed by atoms with Crippen LogP contribution in [0.15, 0.2) is 71.8 Å². The van der Waals surface area contributed by atoms with E-state index >= 15 is 4.39 Å². The van der Waals surface area contributed by atoms with E-state index in [4.69, 9.17) is 0 Å². The van der Waals surface area contributed by atoms with Crippen LogP contribution in [0.4, 0.5) is 27.5 Å². The number of likely N-dealkylation sites (tertiary alicyclic amines) is 1. The highest BCUT2D eigenvalue weighted by molar-refractivity contribution is 7.89. The summed E-state index contributed by atoms with van der Waals surface area (Å²) in [6, 6.07) is 17.3. The van der Waals surface area contributed by atoms with Gasteiger partial charge in [0.25, 0.3) is 5.91 Å². The number of anilines is 4. The number of hydrogen-bond acceptors (Lipinski definition) is 10. The standard InChI is InChI=1S/C40H45FN8O5S/c1-24-21-42-39(46-36(24)43-30-6-5-7-31(20-30)55(53,54)47-40(2,3)4)44-29-10-8-26(9-11-29)27-14-16-48(17-15-27)22-25-18-28-23-49(38(52)35(28)32(41)19-25)33-12-13-34(50)45-37(33)51/h5-11,18-21,27,33,47H,12-17,22-23H2,1-4H3,(H,45,50,51)(H2,42,43,44,46). The van der Waals surface area contributed by atoms with Crippen molar-refractivity contribution in [2.75, 3.05) is 23.7 Å². The third-order valence-electron chi connectivity index (χ3n) is 10.1. The number of sulfonamides is 1. The maximum absolute atomic E-state index is 15.3. The minimum atomic E-state index is -3.71. The maximum Gasteiger partial charge on any atom is 0.258 e. The van der Waals surface area contributed by atoms with Crippen LogP contribution in [0.1, 0.15) is 85.0 Å². The van der Waals surface area contributed by atoms with Gasteiger partial charge < -0.3 is 15.5 Å². The molecule has 4 N–H and O–H groups in total. The average Bonchev–Trinajstić information content (AvgIpc) is 3.45. The van der Waals surface area contributed by atoms with Gasteiger partial charge in [-0.15, -0.1) is 0 Å². The van der Waals surface area contributed by atoms with Crippen LogP contribution in [0.3, 0.4) is 0 Å². The van der Waals surface area contributed by atoms with Gasteiger partial charge in [-0.25, -0.2) is 22.5 Å². The molecule has 3 aliphatic rings. The zero-order valence-corrected chi connectivity index (χ0v) is 32.1. The lowest BCUT2D eigenvalue weighted by molar-refractivity contribution is -0.136. The molecule has 0 saturated carbocycles. The summed E-state index contributed by atoms with van der Waals surface area (Å²) in [6.07, 6.45) is 3.96. The molecule has 2 fully saturated rings. The Balaban J connectivity index is 0.933. The number of aryl methyl sites for hydroxylation is 1. The van der Waals surface area contributed by atoms with Crippen molar-refractivity contribution in [3.8, 4) is 0 Å². The molecular weight excluding hydrogens is 724 g/mol. The molecule has 55 heavy (non-hydrogen) atoms. The number of hydrogen-bond donors (Lipinski definition) is 4. The molecule has 13 nitrogen and oxygen atoms in total. The first-order valence-corrected chi connectivity index (χ1v) is 19.9. The molecule has 0 spiro atoms. The Morgan fingerprint density at radius 3 is 2.40 bits per heavy atom. The van der Waals surface area contributed by atoms with E-state index in [0.717, 1.165) is 42.7 Å². The summed E-state index contributed by atoms with van der Waals surface area (Å²) >= 11 is 0.